The molecule has 4 rings (SSSR count). The molecule has 3 N–H and O–H groups in total. The molecule has 0 aromatic heterocycles. The fourth-order valence-electron chi connectivity index (χ4n) is 5.88. The normalized spacial score (nSPS) is 39.1. The van der Waals surface area contributed by atoms with Crippen molar-refractivity contribution in [1.82, 2.24) is 0 Å². The minimum atomic E-state index is -0.0707. The average molecular weight is 311 g/mol. The van der Waals surface area contributed by atoms with Crippen LogP contribution in [0.1, 0.15) is 61.6 Å². The Kier molecular flexibility index (Phi) is 3.85. The van der Waals surface area contributed by atoms with Crippen LogP contribution < -0.4 is 5.73 Å². The summed E-state index contributed by atoms with van der Waals surface area (Å²) in [6, 6.07) is 7.00. The highest BCUT2D eigenvalue weighted by Gasteiger charge is 2.54. The molecule has 2 saturated carbocycles. The highest BCUT2D eigenvalue weighted by Crippen LogP contribution is 2.60. The van der Waals surface area contributed by atoms with Gasteiger partial charge in [-0.15, -0.1) is 0 Å². The molecule has 0 heterocycles. The first-order valence-electron chi connectivity index (χ1n) is 9.31. The number of aliphatic hydroxyl groups is 1. The van der Waals surface area contributed by atoms with Gasteiger partial charge in [-0.05, 0) is 78.4 Å². The molecule has 0 aliphatic heterocycles. The summed E-state index contributed by atoms with van der Waals surface area (Å²) in [4.78, 5) is 0. The summed E-state index contributed by atoms with van der Waals surface area (Å²) in [5.41, 5.74) is 10.2. The van der Waals surface area contributed by atoms with Crippen LogP contribution in [-0.4, -0.2) is 17.8 Å². The molecule has 5 atom stereocenters. The van der Waals surface area contributed by atoms with Crippen LogP contribution in [0.5, 0.6) is 0 Å². The lowest BCUT2D eigenvalue weighted by Gasteiger charge is -2.50. The average Bonchev–Trinajstić information content (AvgIpc) is 2.88. The topological polar surface area (TPSA) is 46.2 Å². The predicted octanol–water partition coefficient (Wildman–Crippen LogP) is 3.88. The van der Waals surface area contributed by atoms with Crippen molar-refractivity contribution < 1.29 is 5.11 Å². The van der Waals surface area contributed by atoms with E-state index in [4.69, 9.17) is 5.73 Å². The van der Waals surface area contributed by atoms with Crippen molar-refractivity contribution in [3.63, 3.8) is 0 Å². The van der Waals surface area contributed by atoms with Crippen molar-refractivity contribution in [2.75, 3.05) is 6.54 Å². The third kappa shape index (κ3) is 2.38. The molecule has 2 heteroatoms. The molecule has 0 radical (unpaired) electrons. The molecule has 0 saturated heterocycles. The Morgan fingerprint density at radius 2 is 2.13 bits per heavy atom. The molecule has 2 nitrogen and oxygen atoms in total. The summed E-state index contributed by atoms with van der Waals surface area (Å²) < 4.78 is 0. The van der Waals surface area contributed by atoms with E-state index in [1.807, 2.05) is 6.08 Å². The quantitative estimate of drug-likeness (QED) is 0.871. The van der Waals surface area contributed by atoms with Crippen molar-refractivity contribution in [2.24, 2.45) is 23.0 Å². The third-order valence-electron chi connectivity index (χ3n) is 7.15. The minimum Gasteiger partial charge on any atom is -0.393 e. The largest absolute Gasteiger partial charge is 0.393 e. The van der Waals surface area contributed by atoms with Gasteiger partial charge >= 0.3 is 0 Å². The van der Waals surface area contributed by atoms with Crippen LogP contribution in [0.4, 0.5) is 0 Å². The molecule has 2 fully saturated rings. The number of aliphatic hydroxyl groups excluding tert-OH is 1. The van der Waals surface area contributed by atoms with Gasteiger partial charge in [-0.1, -0.05) is 37.3 Å². The molecule has 0 amide bonds. The first-order chi connectivity index (χ1) is 11.1. The number of aryl methyl sites for hydroxylation is 1. The Labute approximate surface area is 139 Å². The summed E-state index contributed by atoms with van der Waals surface area (Å²) in [5, 5.41) is 10.5. The molecule has 0 unspecified atom stereocenters. The van der Waals surface area contributed by atoms with Gasteiger partial charge in [-0.3, -0.25) is 0 Å². The van der Waals surface area contributed by atoms with Gasteiger partial charge in [0.15, 0.2) is 0 Å². The second-order valence-corrected chi connectivity index (χ2v) is 8.15. The molecule has 1 aromatic rings. The van der Waals surface area contributed by atoms with Crippen molar-refractivity contribution in [3.8, 4) is 0 Å². The minimum absolute atomic E-state index is 0.0707. The second-order valence-electron chi connectivity index (χ2n) is 8.15. The Morgan fingerprint density at radius 3 is 2.96 bits per heavy atom. The summed E-state index contributed by atoms with van der Waals surface area (Å²) in [6.45, 7) is 2.95. The van der Waals surface area contributed by atoms with Gasteiger partial charge in [0.2, 0.25) is 0 Å². The maximum atomic E-state index is 10.5. The van der Waals surface area contributed by atoms with Crippen molar-refractivity contribution >= 4 is 6.08 Å². The molecular weight excluding hydrogens is 282 g/mol. The van der Waals surface area contributed by atoms with Crippen molar-refractivity contribution in [2.45, 2.75) is 57.5 Å². The molecule has 1 aromatic carbocycles. The molecule has 23 heavy (non-hydrogen) atoms. The van der Waals surface area contributed by atoms with Gasteiger partial charge in [0.25, 0.3) is 0 Å². The second kappa shape index (κ2) is 5.75. The van der Waals surface area contributed by atoms with Gasteiger partial charge in [0, 0.05) is 6.54 Å². The molecule has 124 valence electrons. The summed E-state index contributed by atoms with van der Waals surface area (Å²) in [5.74, 6) is 2.22. The first kappa shape index (κ1) is 15.4. The smallest absolute Gasteiger partial charge is 0.0596 e. The molecule has 0 bridgehead atoms. The highest BCUT2D eigenvalue weighted by molar-refractivity contribution is 5.53. The van der Waals surface area contributed by atoms with E-state index in [0.717, 1.165) is 24.2 Å². The molecule has 3 aliphatic carbocycles. The van der Waals surface area contributed by atoms with E-state index in [0.29, 0.717) is 6.54 Å². The maximum Gasteiger partial charge on any atom is 0.0596 e. The van der Waals surface area contributed by atoms with E-state index in [-0.39, 0.29) is 11.5 Å². The standard InChI is InChI=1S/C21H29NO/c1-21-11-10-17-16-6-4-14(3-2-12-22)13-15(16)5-7-18(17)19(21)8-9-20(21)23/h2-4,6,13,17-20,23H,5,7-12,22H2,1H3/b3-2+/t17-,18-,19+,20+,21+/m1/s1. The number of hydrogen-bond acceptors (Lipinski definition) is 2. The Balaban J connectivity index is 1.63. The van der Waals surface area contributed by atoms with Crippen LogP contribution >= 0.6 is 0 Å². The van der Waals surface area contributed by atoms with Crippen LogP contribution in [0.15, 0.2) is 24.3 Å². The first-order valence-corrected chi connectivity index (χ1v) is 9.31. The number of nitrogens with two attached hydrogens (primary N) is 1. The monoisotopic (exact) mass is 311 g/mol. The van der Waals surface area contributed by atoms with Crippen molar-refractivity contribution in [3.05, 3.63) is 41.0 Å². The maximum absolute atomic E-state index is 10.5. The highest BCUT2D eigenvalue weighted by atomic mass is 16.3. The predicted molar refractivity (Wildman–Crippen MR) is 95.2 cm³/mol. The van der Waals surface area contributed by atoms with Crippen LogP contribution in [0.3, 0.4) is 0 Å². The number of fused-ring (bicyclic) bond motifs is 5. The molecule has 0 spiro atoms. The van der Waals surface area contributed by atoms with Gasteiger partial charge in [0.1, 0.15) is 0 Å². The van der Waals surface area contributed by atoms with Crippen molar-refractivity contribution in [1.29, 1.82) is 0 Å². The van der Waals surface area contributed by atoms with Crippen LogP contribution in [0.25, 0.3) is 6.08 Å². The summed E-state index contributed by atoms with van der Waals surface area (Å²) in [7, 11) is 0. The lowest BCUT2D eigenvalue weighted by atomic mass is 9.55. The van der Waals surface area contributed by atoms with E-state index in [2.05, 4.69) is 31.2 Å². The van der Waals surface area contributed by atoms with E-state index >= 15 is 0 Å². The zero-order chi connectivity index (χ0) is 16.0. The summed E-state index contributed by atoms with van der Waals surface area (Å²) >= 11 is 0. The van der Waals surface area contributed by atoms with Gasteiger partial charge < -0.3 is 10.8 Å². The lowest BCUT2D eigenvalue weighted by molar-refractivity contribution is -0.0226. The fraction of sp³-hybridized carbons (Fsp3) is 0.619. The van der Waals surface area contributed by atoms with E-state index in [9.17, 15) is 5.11 Å². The Bertz CT molecular complexity index is 622. The van der Waals surface area contributed by atoms with E-state index in [1.54, 1.807) is 11.1 Å². The van der Waals surface area contributed by atoms with Crippen LogP contribution in [0, 0.1) is 17.3 Å². The van der Waals surface area contributed by atoms with Gasteiger partial charge in [-0.25, -0.2) is 0 Å². The Hall–Kier alpha value is -1.12. The molecular formula is C21H29NO. The van der Waals surface area contributed by atoms with Gasteiger partial charge in [-0.2, -0.15) is 0 Å². The lowest BCUT2D eigenvalue weighted by Crippen LogP contribution is -2.43. The SMILES string of the molecule is C[C@]12CC[C@@H]3c4ccc(/C=C/CN)cc4CC[C@H]3[C@@H]1CC[C@@H]2O. The van der Waals surface area contributed by atoms with Crippen LogP contribution in [0.2, 0.25) is 0 Å². The zero-order valence-electron chi connectivity index (χ0n) is 14.2. The van der Waals surface area contributed by atoms with Crippen LogP contribution in [-0.2, 0) is 6.42 Å². The van der Waals surface area contributed by atoms with Gasteiger partial charge in [0.05, 0.1) is 6.10 Å². The number of hydrogen-bond donors (Lipinski definition) is 2. The number of rotatable bonds is 2. The third-order valence-corrected chi connectivity index (χ3v) is 7.15. The van der Waals surface area contributed by atoms with E-state index < -0.39 is 0 Å². The molecule has 3 aliphatic rings. The summed E-state index contributed by atoms with van der Waals surface area (Å²) in [6.07, 6.45) is 11.3. The fourth-order valence-corrected chi connectivity index (χ4v) is 5.88. The Morgan fingerprint density at radius 1 is 1.26 bits per heavy atom. The van der Waals surface area contributed by atoms with E-state index in [1.165, 1.54) is 37.7 Å². The number of benzene rings is 1. The zero-order valence-corrected chi connectivity index (χ0v) is 14.2.